The fourth-order valence-corrected chi connectivity index (χ4v) is 2.13. The molecule has 6 heteroatoms. The van der Waals surface area contributed by atoms with Crippen molar-refractivity contribution in [3.8, 4) is 0 Å². The molecule has 0 aliphatic carbocycles. The topological polar surface area (TPSA) is 86.5 Å². The van der Waals surface area contributed by atoms with E-state index in [1.165, 1.54) is 19.2 Å². The van der Waals surface area contributed by atoms with Gasteiger partial charge in [-0.25, -0.2) is 18.4 Å². The van der Waals surface area contributed by atoms with E-state index in [0.29, 0.717) is 0 Å². The Morgan fingerprint density at radius 3 is 2.35 bits per heavy atom. The molecule has 94 valence electrons. The third-order valence-corrected chi connectivity index (χ3v) is 3.35. The molecule has 0 aromatic heterocycles. The molecule has 0 aliphatic heterocycles. The van der Waals surface area contributed by atoms with Crippen molar-refractivity contribution in [1.29, 1.82) is 0 Å². The standard InChI is InChI=1S/C11H15NO4S/c1-7(2)8-4-5-10(17(12,14)15)9(6-8)11(13)16-3/h4-7H,1-3H3,(H2,12,14,15). The number of hydrogen-bond acceptors (Lipinski definition) is 4. The van der Waals surface area contributed by atoms with Gasteiger partial charge in [-0.2, -0.15) is 0 Å². The summed E-state index contributed by atoms with van der Waals surface area (Å²) in [6.07, 6.45) is 0. The van der Waals surface area contributed by atoms with Gasteiger partial charge in [-0.3, -0.25) is 0 Å². The number of esters is 1. The normalized spacial score (nSPS) is 11.6. The van der Waals surface area contributed by atoms with E-state index in [1.807, 2.05) is 13.8 Å². The molecule has 0 atom stereocenters. The number of carbonyl (C=O) groups excluding carboxylic acids is 1. The molecule has 0 heterocycles. The largest absolute Gasteiger partial charge is 0.465 e. The first-order valence-electron chi connectivity index (χ1n) is 5.02. The lowest BCUT2D eigenvalue weighted by Gasteiger charge is -2.10. The van der Waals surface area contributed by atoms with Crippen molar-refractivity contribution in [3.63, 3.8) is 0 Å². The van der Waals surface area contributed by atoms with Crippen LogP contribution in [0.3, 0.4) is 0 Å². The van der Waals surface area contributed by atoms with E-state index in [9.17, 15) is 13.2 Å². The van der Waals surface area contributed by atoms with E-state index in [0.717, 1.165) is 5.56 Å². The number of sulfonamides is 1. The lowest BCUT2D eigenvalue weighted by atomic mass is 10.0. The van der Waals surface area contributed by atoms with Crippen molar-refractivity contribution >= 4 is 16.0 Å². The second-order valence-corrected chi connectivity index (χ2v) is 5.48. The zero-order valence-corrected chi connectivity index (χ0v) is 10.7. The van der Waals surface area contributed by atoms with Crippen LogP contribution in [0.2, 0.25) is 0 Å². The van der Waals surface area contributed by atoms with Gasteiger partial charge in [-0.05, 0) is 23.6 Å². The van der Waals surface area contributed by atoms with Gasteiger partial charge in [0.15, 0.2) is 0 Å². The number of ether oxygens (including phenoxy) is 1. The molecule has 0 fully saturated rings. The Hall–Kier alpha value is -1.40. The SMILES string of the molecule is COC(=O)c1cc(C(C)C)ccc1S(N)(=O)=O. The van der Waals surface area contributed by atoms with E-state index in [2.05, 4.69) is 4.74 Å². The smallest absolute Gasteiger partial charge is 0.339 e. The molecule has 17 heavy (non-hydrogen) atoms. The lowest BCUT2D eigenvalue weighted by Crippen LogP contribution is -2.17. The van der Waals surface area contributed by atoms with Crippen LogP contribution < -0.4 is 5.14 Å². The molecule has 2 N–H and O–H groups in total. The predicted molar refractivity (Wildman–Crippen MR) is 63.2 cm³/mol. The maximum Gasteiger partial charge on any atom is 0.339 e. The van der Waals surface area contributed by atoms with Gasteiger partial charge in [-0.15, -0.1) is 0 Å². The third-order valence-electron chi connectivity index (χ3n) is 2.38. The third kappa shape index (κ3) is 3.04. The maximum absolute atomic E-state index is 11.5. The van der Waals surface area contributed by atoms with Crippen molar-refractivity contribution < 1.29 is 17.9 Å². The van der Waals surface area contributed by atoms with Crippen molar-refractivity contribution in [2.75, 3.05) is 7.11 Å². The van der Waals surface area contributed by atoms with Crippen LogP contribution in [0.5, 0.6) is 0 Å². The second-order valence-electron chi connectivity index (χ2n) is 3.95. The highest BCUT2D eigenvalue weighted by molar-refractivity contribution is 7.89. The Labute approximate surface area is 101 Å². The summed E-state index contributed by atoms with van der Waals surface area (Å²) in [6.45, 7) is 3.88. The minimum atomic E-state index is -3.93. The Balaban J connectivity index is 3.48. The Morgan fingerprint density at radius 1 is 1.35 bits per heavy atom. The molecule has 0 saturated heterocycles. The highest BCUT2D eigenvalue weighted by Gasteiger charge is 2.20. The van der Waals surface area contributed by atoms with Crippen LogP contribution in [0, 0.1) is 0 Å². The van der Waals surface area contributed by atoms with Gasteiger partial charge in [0.1, 0.15) is 0 Å². The zero-order valence-electron chi connectivity index (χ0n) is 9.93. The predicted octanol–water partition coefficient (Wildman–Crippen LogP) is 1.24. The number of nitrogens with two attached hydrogens (primary N) is 1. The van der Waals surface area contributed by atoms with Gasteiger partial charge in [0.05, 0.1) is 17.6 Å². The number of carbonyl (C=O) groups is 1. The highest BCUT2D eigenvalue weighted by Crippen LogP contribution is 2.22. The molecular formula is C11H15NO4S. The molecule has 1 rings (SSSR count). The van der Waals surface area contributed by atoms with Crippen molar-refractivity contribution in [2.24, 2.45) is 5.14 Å². The number of hydrogen-bond donors (Lipinski definition) is 1. The first-order valence-corrected chi connectivity index (χ1v) is 6.57. The minimum Gasteiger partial charge on any atom is -0.465 e. The number of primary sulfonamides is 1. The Kier molecular flexibility index (Phi) is 3.90. The molecule has 0 spiro atoms. The minimum absolute atomic E-state index is 0.0267. The fourth-order valence-electron chi connectivity index (χ4n) is 1.42. The molecule has 0 saturated carbocycles. The van der Waals surface area contributed by atoms with E-state index in [-0.39, 0.29) is 16.4 Å². The molecule has 0 bridgehead atoms. The zero-order chi connectivity index (χ0) is 13.2. The first kappa shape index (κ1) is 13.7. The van der Waals surface area contributed by atoms with Crippen molar-refractivity contribution in [3.05, 3.63) is 29.3 Å². The van der Waals surface area contributed by atoms with E-state index in [4.69, 9.17) is 5.14 Å². The summed E-state index contributed by atoms with van der Waals surface area (Å²) in [5.74, 6) is -0.538. The second kappa shape index (κ2) is 4.85. The van der Waals surface area contributed by atoms with E-state index < -0.39 is 16.0 Å². The summed E-state index contributed by atoms with van der Waals surface area (Å²) in [5, 5.41) is 5.04. The van der Waals surface area contributed by atoms with Gasteiger partial charge in [0.25, 0.3) is 0 Å². The Bertz CT molecular complexity index is 534. The van der Waals surface area contributed by atoms with Crippen LogP contribution in [0.25, 0.3) is 0 Å². The van der Waals surface area contributed by atoms with Crippen LogP contribution in [0.15, 0.2) is 23.1 Å². The van der Waals surface area contributed by atoms with Gasteiger partial charge >= 0.3 is 5.97 Å². The van der Waals surface area contributed by atoms with Crippen LogP contribution in [-0.2, 0) is 14.8 Å². The highest BCUT2D eigenvalue weighted by atomic mass is 32.2. The Morgan fingerprint density at radius 2 is 1.94 bits per heavy atom. The number of methoxy groups -OCH3 is 1. The summed E-state index contributed by atoms with van der Waals surface area (Å²) in [7, 11) is -2.74. The van der Waals surface area contributed by atoms with Crippen LogP contribution in [-0.4, -0.2) is 21.5 Å². The molecule has 0 aliphatic rings. The quantitative estimate of drug-likeness (QED) is 0.825. The van der Waals surface area contributed by atoms with Gasteiger partial charge in [-0.1, -0.05) is 19.9 Å². The van der Waals surface area contributed by atoms with Crippen molar-refractivity contribution in [1.82, 2.24) is 0 Å². The van der Waals surface area contributed by atoms with Gasteiger partial charge < -0.3 is 4.74 Å². The maximum atomic E-state index is 11.5. The number of rotatable bonds is 3. The average molecular weight is 257 g/mol. The van der Waals surface area contributed by atoms with E-state index >= 15 is 0 Å². The molecule has 1 aromatic carbocycles. The summed E-state index contributed by atoms with van der Waals surface area (Å²) in [6, 6.07) is 4.46. The van der Waals surface area contributed by atoms with Crippen molar-refractivity contribution in [2.45, 2.75) is 24.7 Å². The monoisotopic (exact) mass is 257 g/mol. The van der Waals surface area contributed by atoms with Crippen LogP contribution in [0.4, 0.5) is 0 Å². The summed E-state index contributed by atoms with van der Waals surface area (Å²) < 4.78 is 27.2. The molecular weight excluding hydrogens is 242 g/mol. The number of benzene rings is 1. The molecule has 0 amide bonds. The molecule has 5 nitrogen and oxygen atoms in total. The first-order chi connectivity index (χ1) is 7.77. The van der Waals surface area contributed by atoms with E-state index in [1.54, 1.807) is 6.07 Å². The molecule has 1 aromatic rings. The summed E-state index contributed by atoms with van der Waals surface area (Å²) >= 11 is 0. The van der Waals surface area contributed by atoms with Gasteiger partial charge in [0, 0.05) is 0 Å². The molecule has 0 radical (unpaired) electrons. The van der Waals surface area contributed by atoms with Crippen LogP contribution >= 0.6 is 0 Å². The van der Waals surface area contributed by atoms with Gasteiger partial charge in [0.2, 0.25) is 10.0 Å². The summed E-state index contributed by atoms with van der Waals surface area (Å²) in [5.41, 5.74) is 0.819. The fraction of sp³-hybridized carbons (Fsp3) is 0.364. The van der Waals surface area contributed by atoms with Crippen LogP contribution in [0.1, 0.15) is 35.7 Å². The lowest BCUT2D eigenvalue weighted by molar-refractivity contribution is 0.0596. The molecule has 0 unspecified atom stereocenters. The average Bonchev–Trinajstić information content (AvgIpc) is 2.25. The summed E-state index contributed by atoms with van der Waals surface area (Å²) in [4.78, 5) is 11.3.